The quantitative estimate of drug-likeness (QED) is 0.448. The molecule has 0 bridgehead atoms. The molecule has 0 N–H and O–H groups in total. The van der Waals surface area contributed by atoms with Crippen LogP contribution in [0.2, 0.25) is 0 Å². The largest absolute Gasteiger partial charge is 0.342 e. The Labute approximate surface area is 210 Å². The van der Waals surface area contributed by atoms with Crippen molar-refractivity contribution in [1.29, 1.82) is 0 Å². The van der Waals surface area contributed by atoms with Crippen LogP contribution < -0.4 is 0 Å². The summed E-state index contributed by atoms with van der Waals surface area (Å²) in [5.74, 6) is -1.78. The highest BCUT2D eigenvalue weighted by Crippen LogP contribution is 2.43. The maximum absolute atomic E-state index is 14.3. The summed E-state index contributed by atoms with van der Waals surface area (Å²) < 4.78 is 14.3. The first-order chi connectivity index (χ1) is 17.4. The van der Waals surface area contributed by atoms with Gasteiger partial charge in [0.2, 0.25) is 17.7 Å². The molecule has 0 unspecified atom stereocenters. The van der Waals surface area contributed by atoms with E-state index in [4.69, 9.17) is 0 Å². The van der Waals surface area contributed by atoms with Crippen molar-refractivity contribution in [3.63, 3.8) is 0 Å². The predicted octanol–water partition coefficient (Wildman–Crippen LogP) is 4.28. The Balaban J connectivity index is 1.40. The van der Waals surface area contributed by atoms with Gasteiger partial charge in [0, 0.05) is 43.5 Å². The monoisotopic (exact) mass is 490 g/mol. The summed E-state index contributed by atoms with van der Waals surface area (Å²) in [7, 11) is 0. The minimum Gasteiger partial charge on any atom is -0.342 e. The lowest BCUT2D eigenvalue weighted by molar-refractivity contribution is -0.145. The fourth-order valence-electron chi connectivity index (χ4n) is 6.17. The van der Waals surface area contributed by atoms with Crippen LogP contribution in [0.3, 0.4) is 0 Å². The van der Waals surface area contributed by atoms with Gasteiger partial charge >= 0.3 is 0 Å². The first-order valence-corrected chi connectivity index (χ1v) is 12.9. The minimum absolute atomic E-state index is 0.00692. The van der Waals surface area contributed by atoms with Crippen molar-refractivity contribution >= 4 is 23.5 Å². The Bertz CT molecular complexity index is 1180. The molecular weight excluding hydrogens is 459 g/mol. The summed E-state index contributed by atoms with van der Waals surface area (Å²) >= 11 is 0. The Kier molecular flexibility index (Phi) is 6.73. The SMILES string of the molecule is O=C(c1ccccc1)[C@H]1CCCN(C(=O)C[C@@]2(c3cccc(F)c3)CC(=O)N(C3CCCC3)C2=O)C1. The molecule has 0 spiro atoms. The number of piperidine rings is 1. The van der Waals surface area contributed by atoms with Gasteiger partial charge in [0.15, 0.2) is 5.78 Å². The highest BCUT2D eigenvalue weighted by atomic mass is 19.1. The van der Waals surface area contributed by atoms with E-state index in [2.05, 4.69) is 0 Å². The number of amides is 3. The number of imide groups is 1. The molecular formula is C29H31FN2O4. The van der Waals surface area contributed by atoms with Crippen molar-refractivity contribution < 1.29 is 23.6 Å². The summed E-state index contributed by atoms with van der Waals surface area (Å²) in [5.41, 5.74) is -0.435. The highest BCUT2D eigenvalue weighted by molar-refractivity contribution is 6.11. The van der Waals surface area contributed by atoms with Crippen molar-refractivity contribution in [2.75, 3.05) is 13.1 Å². The van der Waals surface area contributed by atoms with Crippen molar-refractivity contribution in [2.24, 2.45) is 5.92 Å². The number of likely N-dealkylation sites (tertiary alicyclic amines) is 2. The molecule has 2 heterocycles. The van der Waals surface area contributed by atoms with Crippen LogP contribution in [0, 0.1) is 11.7 Å². The van der Waals surface area contributed by atoms with Gasteiger partial charge in [0.25, 0.3) is 0 Å². The van der Waals surface area contributed by atoms with Crippen LogP contribution in [0.1, 0.15) is 67.3 Å². The fraction of sp³-hybridized carbons (Fsp3) is 0.448. The Morgan fingerprint density at radius 2 is 1.69 bits per heavy atom. The van der Waals surface area contributed by atoms with Gasteiger partial charge in [-0.15, -0.1) is 0 Å². The average molecular weight is 491 g/mol. The number of carbonyl (C=O) groups is 4. The molecule has 2 aromatic carbocycles. The van der Waals surface area contributed by atoms with Gasteiger partial charge in [-0.2, -0.15) is 0 Å². The molecule has 5 rings (SSSR count). The molecule has 36 heavy (non-hydrogen) atoms. The summed E-state index contributed by atoms with van der Waals surface area (Å²) in [4.78, 5) is 56.7. The van der Waals surface area contributed by atoms with E-state index in [1.807, 2.05) is 18.2 Å². The van der Waals surface area contributed by atoms with Gasteiger partial charge in [-0.05, 0) is 43.4 Å². The average Bonchev–Trinajstić information content (AvgIpc) is 3.50. The third-order valence-corrected chi connectivity index (χ3v) is 8.07. The van der Waals surface area contributed by atoms with Crippen LogP contribution in [0.15, 0.2) is 54.6 Å². The van der Waals surface area contributed by atoms with E-state index in [9.17, 15) is 23.6 Å². The number of ketones is 1. The Morgan fingerprint density at radius 1 is 0.944 bits per heavy atom. The molecule has 2 saturated heterocycles. The zero-order valence-corrected chi connectivity index (χ0v) is 20.3. The lowest BCUT2D eigenvalue weighted by Crippen LogP contribution is -2.48. The second-order valence-corrected chi connectivity index (χ2v) is 10.4. The molecule has 7 heteroatoms. The molecule has 3 fully saturated rings. The number of carbonyl (C=O) groups excluding carboxylic acids is 4. The van der Waals surface area contributed by atoms with E-state index in [-0.39, 0.29) is 48.9 Å². The van der Waals surface area contributed by atoms with E-state index in [0.29, 0.717) is 30.5 Å². The van der Waals surface area contributed by atoms with Crippen LogP contribution in [0.4, 0.5) is 4.39 Å². The van der Waals surface area contributed by atoms with E-state index in [1.54, 1.807) is 23.1 Å². The van der Waals surface area contributed by atoms with Crippen LogP contribution in [-0.2, 0) is 19.8 Å². The molecule has 2 aromatic rings. The molecule has 2 aliphatic heterocycles. The van der Waals surface area contributed by atoms with E-state index < -0.39 is 17.1 Å². The summed E-state index contributed by atoms with van der Waals surface area (Å²) in [6, 6.07) is 14.6. The second-order valence-electron chi connectivity index (χ2n) is 10.4. The van der Waals surface area contributed by atoms with Gasteiger partial charge in [-0.25, -0.2) is 4.39 Å². The Morgan fingerprint density at radius 3 is 2.42 bits per heavy atom. The molecule has 3 amide bonds. The number of rotatable bonds is 6. The van der Waals surface area contributed by atoms with Gasteiger partial charge < -0.3 is 4.90 Å². The standard InChI is InChI=1S/C29H31FN2O4/c30-23-12-6-11-22(16-23)29(18-26(34)32(28(29)36)24-13-4-5-14-24)17-25(33)31-15-7-10-21(19-31)27(35)20-8-2-1-3-9-20/h1-3,6,8-9,11-12,16,21,24H,4-5,7,10,13-15,17-19H2/t21-,29-/m0/s1. The molecule has 0 aromatic heterocycles. The maximum atomic E-state index is 14.3. The number of hydrogen-bond donors (Lipinski definition) is 0. The van der Waals surface area contributed by atoms with E-state index in [1.165, 1.54) is 23.1 Å². The lowest BCUT2D eigenvalue weighted by Gasteiger charge is -2.35. The van der Waals surface area contributed by atoms with Crippen molar-refractivity contribution in [2.45, 2.75) is 62.8 Å². The second kappa shape index (κ2) is 9.96. The van der Waals surface area contributed by atoms with Crippen molar-refractivity contribution in [3.8, 4) is 0 Å². The zero-order valence-electron chi connectivity index (χ0n) is 20.3. The van der Waals surface area contributed by atoms with E-state index >= 15 is 0 Å². The molecule has 6 nitrogen and oxygen atoms in total. The lowest BCUT2D eigenvalue weighted by atomic mass is 9.75. The number of nitrogens with zero attached hydrogens (tertiary/aromatic N) is 2. The predicted molar refractivity (Wildman–Crippen MR) is 131 cm³/mol. The van der Waals surface area contributed by atoms with Crippen LogP contribution in [-0.4, -0.2) is 52.4 Å². The summed E-state index contributed by atoms with van der Waals surface area (Å²) in [6.45, 7) is 0.769. The molecule has 1 aliphatic carbocycles. The third-order valence-electron chi connectivity index (χ3n) is 8.07. The number of hydrogen-bond acceptors (Lipinski definition) is 4. The van der Waals surface area contributed by atoms with Gasteiger partial charge in [-0.1, -0.05) is 55.3 Å². The molecule has 188 valence electrons. The zero-order chi connectivity index (χ0) is 25.3. The van der Waals surface area contributed by atoms with Crippen LogP contribution in [0.25, 0.3) is 0 Å². The minimum atomic E-state index is -1.42. The first kappa shape index (κ1) is 24.3. The van der Waals surface area contributed by atoms with Crippen molar-refractivity contribution in [3.05, 3.63) is 71.5 Å². The molecule has 1 saturated carbocycles. The van der Waals surface area contributed by atoms with Crippen molar-refractivity contribution in [1.82, 2.24) is 9.80 Å². The molecule has 3 aliphatic rings. The number of Topliss-reactive ketones (excluding diaryl/α,β-unsaturated/α-hetero) is 1. The molecule has 2 atom stereocenters. The van der Waals surface area contributed by atoms with Crippen LogP contribution >= 0.6 is 0 Å². The van der Waals surface area contributed by atoms with Gasteiger partial charge in [0.1, 0.15) is 5.82 Å². The van der Waals surface area contributed by atoms with Gasteiger partial charge in [-0.3, -0.25) is 24.1 Å². The van der Waals surface area contributed by atoms with Gasteiger partial charge in [0.05, 0.1) is 5.41 Å². The maximum Gasteiger partial charge on any atom is 0.241 e. The topological polar surface area (TPSA) is 74.8 Å². The number of halogens is 1. The summed E-state index contributed by atoms with van der Waals surface area (Å²) in [5, 5.41) is 0. The summed E-state index contributed by atoms with van der Waals surface area (Å²) in [6.07, 6.45) is 4.47. The van der Waals surface area contributed by atoms with E-state index in [0.717, 1.165) is 25.7 Å². The smallest absolute Gasteiger partial charge is 0.241 e. The fourth-order valence-corrected chi connectivity index (χ4v) is 6.17. The Hall–Kier alpha value is -3.35. The molecule has 0 radical (unpaired) electrons. The first-order valence-electron chi connectivity index (χ1n) is 12.9. The normalized spacial score (nSPS) is 25.0. The highest BCUT2D eigenvalue weighted by Gasteiger charge is 2.56. The van der Waals surface area contributed by atoms with Crippen LogP contribution in [0.5, 0.6) is 0 Å². The number of benzene rings is 2. The third kappa shape index (κ3) is 4.47.